The topological polar surface area (TPSA) is 26.3 Å². The van der Waals surface area contributed by atoms with E-state index in [0.717, 1.165) is 19.3 Å². The van der Waals surface area contributed by atoms with E-state index in [0.29, 0.717) is 5.56 Å². The Labute approximate surface area is 91.3 Å². The fraction of sp³-hybridized carbons (Fsp3) is 0.385. The zero-order valence-corrected chi connectivity index (χ0v) is 9.32. The highest BCUT2D eigenvalue weighted by atomic mass is 16.5. The monoisotopic (exact) mass is 205 g/mol. The average Bonchev–Trinajstić information content (AvgIpc) is 2.29. The standard InChI is InChI=1S/C13H17O2/c1-3-4-5-6-11-7-9-12(10-8-11)13(14)15-2/h4,7-10H,3,5-6H2,1-2H3. The van der Waals surface area contributed by atoms with Crippen molar-refractivity contribution in [3.8, 4) is 0 Å². The van der Waals surface area contributed by atoms with Gasteiger partial charge >= 0.3 is 5.97 Å². The Bertz CT molecular complexity index is 301. The highest BCUT2D eigenvalue weighted by Crippen LogP contribution is 2.09. The van der Waals surface area contributed by atoms with Crippen LogP contribution in [-0.4, -0.2) is 13.1 Å². The van der Waals surface area contributed by atoms with Gasteiger partial charge in [0.25, 0.3) is 0 Å². The van der Waals surface area contributed by atoms with Crippen molar-refractivity contribution in [3.63, 3.8) is 0 Å². The van der Waals surface area contributed by atoms with Gasteiger partial charge in [0.15, 0.2) is 0 Å². The van der Waals surface area contributed by atoms with Crippen LogP contribution in [0.4, 0.5) is 0 Å². The Kier molecular flexibility index (Phi) is 4.88. The van der Waals surface area contributed by atoms with E-state index in [9.17, 15) is 4.79 Å². The van der Waals surface area contributed by atoms with Crippen molar-refractivity contribution < 1.29 is 9.53 Å². The quantitative estimate of drug-likeness (QED) is 0.545. The van der Waals surface area contributed by atoms with E-state index < -0.39 is 0 Å². The summed E-state index contributed by atoms with van der Waals surface area (Å²) < 4.78 is 4.63. The number of methoxy groups -OCH3 is 1. The maximum absolute atomic E-state index is 11.2. The number of benzene rings is 1. The van der Waals surface area contributed by atoms with Crippen molar-refractivity contribution in [1.29, 1.82) is 0 Å². The molecule has 0 aliphatic carbocycles. The minimum Gasteiger partial charge on any atom is -0.465 e. The molecular weight excluding hydrogens is 188 g/mol. The lowest BCUT2D eigenvalue weighted by atomic mass is 10.1. The molecule has 0 aliphatic rings. The SMILES string of the molecule is CC[CH]CCc1ccc(C(=O)OC)cc1. The molecular formula is C13H17O2. The molecule has 0 bridgehead atoms. The zero-order chi connectivity index (χ0) is 11.1. The number of carbonyl (C=O) groups is 1. The predicted octanol–water partition coefficient (Wildman–Crippen LogP) is 3.02. The second-order valence-electron chi connectivity index (χ2n) is 3.42. The van der Waals surface area contributed by atoms with Gasteiger partial charge in [0.1, 0.15) is 0 Å². The van der Waals surface area contributed by atoms with Gasteiger partial charge in [0.05, 0.1) is 12.7 Å². The zero-order valence-electron chi connectivity index (χ0n) is 9.32. The van der Waals surface area contributed by atoms with E-state index in [-0.39, 0.29) is 5.97 Å². The van der Waals surface area contributed by atoms with Crippen LogP contribution < -0.4 is 0 Å². The van der Waals surface area contributed by atoms with Crippen molar-refractivity contribution >= 4 is 5.97 Å². The maximum Gasteiger partial charge on any atom is 0.337 e. The number of aryl methyl sites for hydroxylation is 1. The van der Waals surface area contributed by atoms with E-state index in [2.05, 4.69) is 18.1 Å². The molecule has 1 radical (unpaired) electrons. The maximum atomic E-state index is 11.2. The first-order chi connectivity index (χ1) is 7.27. The number of unbranched alkanes of at least 4 members (excludes halogenated alkanes) is 2. The first-order valence-corrected chi connectivity index (χ1v) is 5.27. The highest BCUT2D eigenvalue weighted by Gasteiger charge is 2.03. The molecule has 0 unspecified atom stereocenters. The van der Waals surface area contributed by atoms with Gasteiger partial charge in [-0.2, -0.15) is 0 Å². The lowest BCUT2D eigenvalue weighted by Gasteiger charge is -2.02. The van der Waals surface area contributed by atoms with E-state index in [1.165, 1.54) is 12.7 Å². The van der Waals surface area contributed by atoms with Crippen LogP contribution in [-0.2, 0) is 11.2 Å². The average molecular weight is 205 g/mol. The summed E-state index contributed by atoms with van der Waals surface area (Å²) in [6, 6.07) is 7.59. The first kappa shape index (κ1) is 11.8. The van der Waals surface area contributed by atoms with E-state index in [1.807, 2.05) is 24.3 Å². The Morgan fingerprint density at radius 2 is 2.00 bits per heavy atom. The third-order valence-corrected chi connectivity index (χ3v) is 2.30. The molecule has 0 amide bonds. The number of hydrogen-bond acceptors (Lipinski definition) is 2. The van der Waals surface area contributed by atoms with Crippen molar-refractivity contribution in [2.24, 2.45) is 0 Å². The van der Waals surface area contributed by atoms with Gasteiger partial charge in [-0.15, -0.1) is 0 Å². The van der Waals surface area contributed by atoms with Crippen molar-refractivity contribution in [2.45, 2.75) is 26.2 Å². The molecule has 0 saturated heterocycles. The lowest BCUT2D eigenvalue weighted by molar-refractivity contribution is 0.0600. The third kappa shape index (κ3) is 3.74. The van der Waals surface area contributed by atoms with Crippen molar-refractivity contribution in [2.75, 3.05) is 7.11 Å². The molecule has 0 heterocycles. The summed E-state index contributed by atoms with van der Waals surface area (Å²) in [7, 11) is 1.40. The van der Waals surface area contributed by atoms with Crippen molar-refractivity contribution in [3.05, 3.63) is 41.8 Å². The van der Waals surface area contributed by atoms with E-state index in [4.69, 9.17) is 0 Å². The minimum atomic E-state index is -0.276. The minimum absolute atomic E-state index is 0.276. The number of rotatable bonds is 5. The van der Waals surface area contributed by atoms with E-state index >= 15 is 0 Å². The number of hydrogen-bond donors (Lipinski definition) is 0. The Morgan fingerprint density at radius 1 is 1.33 bits per heavy atom. The van der Waals surface area contributed by atoms with Crippen molar-refractivity contribution in [1.82, 2.24) is 0 Å². The molecule has 1 aromatic carbocycles. The van der Waals surface area contributed by atoms with Crippen LogP contribution in [0.15, 0.2) is 24.3 Å². The second kappa shape index (κ2) is 6.23. The molecule has 2 heteroatoms. The van der Waals surface area contributed by atoms with Gasteiger partial charge in [0, 0.05) is 0 Å². The van der Waals surface area contributed by atoms with Gasteiger partial charge in [-0.05, 0) is 37.0 Å². The lowest BCUT2D eigenvalue weighted by Crippen LogP contribution is -2.00. The number of esters is 1. The molecule has 0 spiro atoms. The molecule has 1 rings (SSSR count). The number of ether oxygens (including phenoxy) is 1. The fourth-order valence-electron chi connectivity index (χ4n) is 1.40. The molecule has 0 aliphatic heterocycles. The summed E-state index contributed by atoms with van der Waals surface area (Å²) in [5.41, 5.74) is 1.87. The highest BCUT2D eigenvalue weighted by molar-refractivity contribution is 5.89. The second-order valence-corrected chi connectivity index (χ2v) is 3.42. The Morgan fingerprint density at radius 3 is 2.53 bits per heavy atom. The number of carbonyl (C=O) groups excluding carboxylic acids is 1. The van der Waals surface area contributed by atoms with Gasteiger partial charge in [-0.25, -0.2) is 4.79 Å². The molecule has 1 aromatic rings. The summed E-state index contributed by atoms with van der Waals surface area (Å²) in [6.07, 6.45) is 5.50. The Balaban J connectivity index is 2.52. The van der Waals surface area contributed by atoms with Crippen LogP contribution in [0, 0.1) is 6.42 Å². The Hall–Kier alpha value is -1.31. The summed E-state index contributed by atoms with van der Waals surface area (Å²) in [6.45, 7) is 2.14. The van der Waals surface area contributed by atoms with Gasteiger partial charge in [0.2, 0.25) is 0 Å². The molecule has 0 fully saturated rings. The fourth-order valence-corrected chi connectivity index (χ4v) is 1.40. The van der Waals surface area contributed by atoms with Gasteiger partial charge < -0.3 is 4.74 Å². The molecule has 0 N–H and O–H groups in total. The molecule has 0 atom stereocenters. The van der Waals surface area contributed by atoms with Crippen LogP contribution in [0.5, 0.6) is 0 Å². The molecule has 81 valence electrons. The summed E-state index contributed by atoms with van der Waals surface area (Å²) in [4.78, 5) is 11.2. The normalized spacial score (nSPS) is 10.0. The molecule has 0 aromatic heterocycles. The largest absolute Gasteiger partial charge is 0.465 e. The van der Waals surface area contributed by atoms with Crippen LogP contribution >= 0.6 is 0 Å². The van der Waals surface area contributed by atoms with Crippen LogP contribution in [0.2, 0.25) is 0 Å². The third-order valence-electron chi connectivity index (χ3n) is 2.30. The molecule has 15 heavy (non-hydrogen) atoms. The smallest absolute Gasteiger partial charge is 0.337 e. The van der Waals surface area contributed by atoms with Crippen LogP contribution in [0.25, 0.3) is 0 Å². The van der Waals surface area contributed by atoms with Gasteiger partial charge in [-0.3, -0.25) is 0 Å². The predicted molar refractivity (Wildman–Crippen MR) is 60.7 cm³/mol. The summed E-state index contributed by atoms with van der Waals surface area (Å²) in [5.74, 6) is -0.276. The van der Waals surface area contributed by atoms with Crippen LogP contribution in [0.1, 0.15) is 35.7 Å². The summed E-state index contributed by atoms with van der Waals surface area (Å²) >= 11 is 0. The first-order valence-electron chi connectivity index (χ1n) is 5.27. The molecule has 0 saturated carbocycles. The van der Waals surface area contributed by atoms with E-state index in [1.54, 1.807) is 0 Å². The molecule has 2 nitrogen and oxygen atoms in total. The van der Waals surface area contributed by atoms with Gasteiger partial charge in [-0.1, -0.05) is 25.5 Å². The summed E-state index contributed by atoms with van der Waals surface area (Å²) in [5, 5.41) is 0. The van der Waals surface area contributed by atoms with Crippen LogP contribution in [0.3, 0.4) is 0 Å².